The maximum atomic E-state index is 12.1. The average molecular weight is 355 g/mol. The van der Waals surface area contributed by atoms with Gasteiger partial charge in [-0.05, 0) is 37.4 Å². The van der Waals surface area contributed by atoms with Crippen LogP contribution in [-0.4, -0.2) is 25.3 Å². The highest BCUT2D eigenvalue weighted by molar-refractivity contribution is 7.98. The van der Waals surface area contributed by atoms with Crippen LogP contribution in [0.2, 0.25) is 5.02 Å². The molecule has 0 saturated carbocycles. The first-order valence-corrected chi connectivity index (χ1v) is 8.24. The van der Waals surface area contributed by atoms with Gasteiger partial charge in [-0.2, -0.15) is 0 Å². The quantitative estimate of drug-likeness (QED) is 0.594. The molecule has 0 fully saturated rings. The van der Waals surface area contributed by atoms with Gasteiger partial charge in [0.1, 0.15) is 23.7 Å². The summed E-state index contributed by atoms with van der Waals surface area (Å²) in [4.78, 5) is 24.6. The van der Waals surface area contributed by atoms with E-state index in [4.69, 9.17) is 20.8 Å². The summed E-state index contributed by atoms with van der Waals surface area (Å²) in [6.45, 7) is 1.53. The van der Waals surface area contributed by atoms with Crippen LogP contribution < -0.4 is 0 Å². The average Bonchev–Trinajstić information content (AvgIpc) is 2.93. The van der Waals surface area contributed by atoms with E-state index in [-0.39, 0.29) is 12.2 Å². The monoisotopic (exact) mass is 354 g/mol. The predicted octanol–water partition coefficient (Wildman–Crippen LogP) is 4.11. The Labute approximate surface area is 142 Å². The number of aryl methyl sites for hydroxylation is 1. The molecule has 0 atom stereocenters. The number of hydrogen-bond donors (Lipinski definition) is 0. The van der Waals surface area contributed by atoms with Crippen molar-refractivity contribution >= 4 is 35.3 Å². The molecule has 0 radical (unpaired) electrons. The van der Waals surface area contributed by atoms with Crippen molar-refractivity contribution in [3.8, 4) is 0 Å². The van der Waals surface area contributed by atoms with E-state index < -0.39 is 11.9 Å². The molecule has 0 spiro atoms. The van der Waals surface area contributed by atoms with Crippen molar-refractivity contribution in [2.45, 2.75) is 18.4 Å². The SMILES string of the molecule is COC(=O)c1cc(COC(=O)c2cc(SC)ccc2Cl)oc1C. The summed E-state index contributed by atoms with van der Waals surface area (Å²) in [5, 5.41) is 0.318. The lowest BCUT2D eigenvalue weighted by atomic mass is 10.2. The Balaban J connectivity index is 2.09. The molecule has 0 aliphatic rings. The Morgan fingerprint density at radius 3 is 2.61 bits per heavy atom. The van der Waals surface area contributed by atoms with Crippen molar-refractivity contribution < 1.29 is 23.5 Å². The fourth-order valence-electron chi connectivity index (χ4n) is 1.93. The third-order valence-electron chi connectivity index (χ3n) is 3.11. The van der Waals surface area contributed by atoms with Crippen molar-refractivity contribution in [1.82, 2.24) is 0 Å². The van der Waals surface area contributed by atoms with Gasteiger partial charge >= 0.3 is 11.9 Å². The van der Waals surface area contributed by atoms with E-state index in [0.717, 1.165) is 4.90 Å². The molecular formula is C16H15ClO5S. The van der Waals surface area contributed by atoms with Gasteiger partial charge in [-0.3, -0.25) is 0 Å². The van der Waals surface area contributed by atoms with E-state index in [1.807, 2.05) is 12.3 Å². The van der Waals surface area contributed by atoms with Crippen LogP contribution in [0.4, 0.5) is 0 Å². The smallest absolute Gasteiger partial charge is 0.341 e. The minimum Gasteiger partial charge on any atom is -0.465 e. The van der Waals surface area contributed by atoms with Gasteiger partial charge in [-0.15, -0.1) is 11.8 Å². The van der Waals surface area contributed by atoms with Gasteiger partial charge in [0, 0.05) is 4.90 Å². The first-order valence-electron chi connectivity index (χ1n) is 6.64. The zero-order valence-electron chi connectivity index (χ0n) is 12.8. The number of rotatable bonds is 5. The number of halogens is 1. The lowest BCUT2D eigenvalue weighted by Gasteiger charge is -2.06. The van der Waals surface area contributed by atoms with Crippen LogP contribution in [0.15, 0.2) is 33.6 Å². The molecule has 0 amide bonds. The highest BCUT2D eigenvalue weighted by Crippen LogP contribution is 2.24. The van der Waals surface area contributed by atoms with Crippen LogP contribution in [0.1, 0.15) is 32.2 Å². The van der Waals surface area contributed by atoms with Gasteiger partial charge in [0.25, 0.3) is 0 Å². The Morgan fingerprint density at radius 2 is 1.96 bits per heavy atom. The first kappa shape index (κ1) is 17.4. The van der Waals surface area contributed by atoms with Gasteiger partial charge in [0.05, 0.1) is 17.7 Å². The Hall–Kier alpha value is -1.92. The van der Waals surface area contributed by atoms with E-state index in [1.165, 1.54) is 24.9 Å². The molecule has 7 heteroatoms. The second kappa shape index (κ2) is 7.57. The van der Waals surface area contributed by atoms with Crippen LogP contribution in [0.5, 0.6) is 0 Å². The normalized spacial score (nSPS) is 10.4. The summed E-state index contributed by atoms with van der Waals surface area (Å²) in [5.74, 6) is -0.294. The summed E-state index contributed by atoms with van der Waals surface area (Å²) in [6.07, 6.45) is 1.90. The Morgan fingerprint density at radius 1 is 1.22 bits per heavy atom. The molecule has 2 aromatic rings. The second-order valence-corrected chi connectivity index (χ2v) is 5.88. The third-order valence-corrected chi connectivity index (χ3v) is 4.17. The van der Waals surface area contributed by atoms with E-state index in [9.17, 15) is 9.59 Å². The molecule has 23 heavy (non-hydrogen) atoms. The van der Waals surface area contributed by atoms with E-state index in [2.05, 4.69) is 4.74 Å². The van der Waals surface area contributed by atoms with Crippen LogP contribution in [0, 0.1) is 6.92 Å². The number of thioether (sulfide) groups is 1. The van der Waals surface area contributed by atoms with Crippen LogP contribution in [0.25, 0.3) is 0 Å². The van der Waals surface area contributed by atoms with E-state index in [0.29, 0.717) is 22.1 Å². The molecule has 5 nitrogen and oxygen atoms in total. The lowest BCUT2D eigenvalue weighted by molar-refractivity contribution is 0.0443. The number of benzene rings is 1. The summed E-state index contributed by atoms with van der Waals surface area (Å²) in [5.41, 5.74) is 0.593. The number of methoxy groups -OCH3 is 1. The number of ether oxygens (including phenoxy) is 2. The third kappa shape index (κ3) is 4.09. The molecule has 0 aliphatic carbocycles. The van der Waals surface area contributed by atoms with Gasteiger partial charge in [-0.1, -0.05) is 11.6 Å². The number of esters is 2. The summed E-state index contributed by atoms with van der Waals surface area (Å²) < 4.78 is 15.2. The largest absolute Gasteiger partial charge is 0.465 e. The minimum atomic E-state index is -0.556. The molecule has 0 bridgehead atoms. The molecule has 122 valence electrons. The molecule has 0 aliphatic heterocycles. The summed E-state index contributed by atoms with van der Waals surface area (Å²) in [7, 11) is 1.29. The lowest BCUT2D eigenvalue weighted by Crippen LogP contribution is -2.06. The van der Waals surface area contributed by atoms with Crippen molar-refractivity contribution in [1.29, 1.82) is 0 Å². The topological polar surface area (TPSA) is 65.7 Å². The maximum Gasteiger partial charge on any atom is 0.341 e. The van der Waals surface area contributed by atoms with Crippen molar-refractivity contribution in [2.24, 2.45) is 0 Å². The van der Waals surface area contributed by atoms with Gasteiger partial charge < -0.3 is 13.9 Å². The molecule has 0 unspecified atom stereocenters. The zero-order valence-corrected chi connectivity index (χ0v) is 14.4. The molecule has 1 aromatic carbocycles. The van der Waals surface area contributed by atoms with Crippen LogP contribution in [0.3, 0.4) is 0 Å². The van der Waals surface area contributed by atoms with Gasteiger partial charge in [0.15, 0.2) is 0 Å². The van der Waals surface area contributed by atoms with Crippen molar-refractivity contribution in [2.75, 3.05) is 13.4 Å². The Kier molecular flexibility index (Phi) is 5.74. The first-order chi connectivity index (χ1) is 11.0. The molecule has 2 rings (SSSR count). The highest BCUT2D eigenvalue weighted by Gasteiger charge is 2.18. The molecule has 0 N–H and O–H groups in total. The second-order valence-electron chi connectivity index (χ2n) is 4.60. The Bertz CT molecular complexity index is 738. The van der Waals surface area contributed by atoms with Gasteiger partial charge in [-0.25, -0.2) is 9.59 Å². The summed E-state index contributed by atoms with van der Waals surface area (Å²) >= 11 is 7.52. The molecule has 1 aromatic heterocycles. The predicted molar refractivity (Wildman–Crippen MR) is 87.1 cm³/mol. The van der Waals surface area contributed by atoms with Crippen molar-refractivity contribution in [3.05, 3.63) is 51.9 Å². The fraction of sp³-hybridized carbons (Fsp3) is 0.250. The molecule has 1 heterocycles. The standard InChI is InChI=1S/C16H15ClO5S/c1-9-12(15(18)20-2)6-10(22-9)8-21-16(19)13-7-11(23-3)4-5-14(13)17/h4-7H,8H2,1-3H3. The number of hydrogen-bond acceptors (Lipinski definition) is 6. The number of furan rings is 1. The zero-order chi connectivity index (χ0) is 17.0. The van der Waals surface area contributed by atoms with Gasteiger partial charge in [0.2, 0.25) is 0 Å². The molecular weight excluding hydrogens is 340 g/mol. The van der Waals surface area contributed by atoms with E-state index >= 15 is 0 Å². The maximum absolute atomic E-state index is 12.1. The number of carbonyl (C=O) groups is 2. The number of carbonyl (C=O) groups excluding carboxylic acids is 2. The van der Waals surface area contributed by atoms with E-state index in [1.54, 1.807) is 19.1 Å². The minimum absolute atomic E-state index is 0.101. The van der Waals surface area contributed by atoms with Crippen molar-refractivity contribution in [3.63, 3.8) is 0 Å². The highest BCUT2D eigenvalue weighted by atomic mass is 35.5. The fourth-order valence-corrected chi connectivity index (χ4v) is 2.56. The van der Waals surface area contributed by atoms with Crippen LogP contribution in [-0.2, 0) is 16.1 Å². The molecule has 0 saturated heterocycles. The van der Waals surface area contributed by atoms with Crippen LogP contribution >= 0.6 is 23.4 Å². The summed E-state index contributed by atoms with van der Waals surface area (Å²) in [6, 6.07) is 6.63.